The summed E-state index contributed by atoms with van der Waals surface area (Å²) < 4.78 is 0. The van der Waals surface area contributed by atoms with Crippen LogP contribution in [0.1, 0.15) is 21.7 Å². The van der Waals surface area contributed by atoms with Crippen LogP contribution in [-0.2, 0) is 4.79 Å². The van der Waals surface area contributed by atoms with Crippen molar-refractivity contribution in [1.29, 1.82) is 0 Å². The Labute approximate surface area is 105 Å². The topological polar surface area (TPSA) is 63.3 Å². The summed E-state index contributed by atoms with van der Waals surface area (Å²) >= 11 is 0. The van der Waals surface area contributed by atoms with Crippen LogP contribution in [0, 0.1) is 5.92 Å². The summed E-state index contributed by atoms with van der Waals surface area (Å²) in [5.41, 5.74) is 5.22. The minimum Gasteiger partial charge on any atom is -1.00 e. The van der Waals surface area contributed by atoms with Crippen molar-refractivity contribution in [2.45, 2.75) is 26.3 Å². The molecule has 0 spiro atoms. The van der Waals surface area contributed by atoms with Crippen LogP contribution in [0.2, 0.25) is 0 Å². The monoisotopic (exact) mass is 171 g/mol. The van der Waals surface area contributed by atoms with Gasteiger partial charge in [-0.15, -0.1) is 0 Å². The maximum Gasteiger partial charge on any atom is 1.00 e. The SMILES string of the molecule is CC(C)CC(N)C(=O)O.[H-].[K+]. The molecule has 1 atom stereocenters. The fraction of sp³-hybridized carbons (Fsp3) is 0.833. The molecule has 56 valence electrons. The fourth-order valence-corrected chi connectivity index (χ4v) is 0.609. The summed E-state index contributed by atoms with van der Waals surface area (Å²) in [6.45, 7) is 3.89. The first-order valence-electron chi connectivity index (χ1n) is 3.02. The van der Waals surface area contributed by atoms with Gasteiger partial charge in [-0.1, -0.05) is 13.8 Å². The quantitative estimate of drug-likeness (QED) is 0.464. The van der Waals surface area contributed by atoms with Crippen molar-refractivity contribution in [1.82, 2.24) is 0 Å². The Morgan fingerprint density at radius 2 is 2.10 bits per heavy atom. The van der Waals surface area contributed by atoms with E-state index in [1.54, 1.807) is 0 Å². The molecule has 0 saturated heterocycles. The van der Waals surface area contributed by atoms with E-state index in [0.29, 0.717) is 12.3 Å². The van der Waals surface area contributed by atoms with Crippen LogP contribution in [0.4, 0.5) is 0 Å². The van der Waals surface area contributed by atoms with E-state index in [1.165, 1.54) is 0 Å². The molecule has 0 aliphatic carbocycles. The molecular formula is C6H14KNO2. The van der Waals surface area contributed by atoms with Crippen LogP contribution in [0.25, 0.3) is 0 Å². The number of hydrogen-bond acceptors (Lipinski definition) is 2. The third kappa shape index (κ3) is 7.18. The van der Waals surface area contributed by atoms with Crippen molar-refractivity contribution in [2.75, 3.05) is 0 Å². The first-order chi connectivity index (χ1) is 4.04. The summed E-state index contributed by atoms with van der Waals surface area (Å²) in [5, 5.41) is 8.31. The van der Waals surface area contributed by atoms with E-state index >= 15 is 0 Å². The Balaban J connectivity index is -0.000000320. The molecular weight excluding hydrogens is 157 g/mol. The second-order valence-electron chi connectivity index (χ2n) is 2.57. The van der Waals surface area contributed by atoms with Crippen LogP contribution in [0.3, 0.4) is 0 Å². The first-order valence-corrected chi connectivity index (χ1v) is 3.02. The van der Waals surface area contributed by atoms with Gasteiger partial charge in [0.1, 0.15) is 6.04 Å². The van der Waals surface area contributed by atoms with Crippen molar-refractivity contribution in [3.63, 3.8) is 0 Å². The molecule has 0 fully saturated rings. The second kappa shape index (κ2) is 6.76. The van der Waals surface area contributed by atoms with Gasteiger partial charge in [-0.25, -0.2) is 0 Å². The Kier molecular flexibility index (Phi) is 9.22. The normalized spacial score (nSPS) is 12.4. The van der Waals surface area contributed by atoms with Crippen LogP contribution < -0.4 is 57.1 Å². The summed E-state index contributed by atoms with van der Waals surface area (Å²) in [6, 6.07) is -0.690. The molecule has 0 aliphatic rings. The third-order valence-electron chi connectivity index (χ3n) is 1.04. The minimum absolute atomic E-state index is 0. The van der Waals surface area contributed by atoms with Crippen molar-refractivity contribution in [2.24, 2.45) is 11.7 Å². The van der Waals surface area contributed by atoms with Crippen LogP contribution in [0.15, 0.2) is 0 Å². The summed E-state index contributed by atoms with van der Waals surface area (Å²) in [5.74, 6) is -0.556. The molecule has 0 rings (SSSR count). The molecule has 3 N–H and O–H groups in total. The molecule has 0 bridgehead atoms. The number of nitrogens with two attached hydrogens (primary N) is 1. The van der Waals surface area contributed by atoms with Crippen LogP contribution in [0.5, 0.6) is 0 Å². The number of hydrogen-bond donors (Lipinski definition) is 2. The van der Waals surface area contributed by atoms with E-state index in [4.69, 9.17) is 10.8 Å². The van der Waals surface area contributed by atoms with Gasteiger partial charge >= 0.3 is 57.4 Å². The molecule has 0 heterocycles. The predicted molar refractivity (Wildman–Crippen MR) is 36.2 cm³/mol. The van der Waals surface area contributed by atoms with Gasteiger partial charge in [0.05, 0.1) is 0 Å². The summed E-state index contributed by atoms with van der Waals surface area (Å²) in [6.07, 6.45) is 0.551. The standard InChI is InChI=1S/C6H13NO2.K.H/c1-4(2)3-5(7)6(8)9;;/h4-5H,3,7H2,1-2H3,(H,8,9);;/q;+1;-1. The maximum atomic E-state index is 10.1. The largest absolute Gasteiger partial charge is 1.00 e. The van der Waals surface area contributed by atoms with Crippen molar-refractivity contribution < 1.29 is 62.7 Å². The molecule has 0 aliphatic heterocycles. The van der Waals surface area contributed by atoms with Gasteiger partial charge in [0.25, 0.3) is 0 Å². The van der Waals surface area contributed by atoms with Gasteiger partial charge in [-0.05, 0) is 12.3 Å². The van der Waals surface area contributed by atoms with Crippen molar-refractivity contribution in [3.8, 4) is 0 Å². The molecule has 0 radical (unpaired) electrons. The maximum absolute atomic E-state index is 10.1. The first kappa shape index (κ1) is 13.6. The Morgan fingerprint density at radius 1 is 1.70 bits per heavy atom. The summed E-state index contributed by atoms with van der Waals surface area (Å²) in [4.78, 5) is 10.1. The van der Waals surface area contributed by atoms with Gasteiger partial charge < -0.3 is 12.3 Å². The zero-order chi connectivity index (χ0) is 7.44. The van der Waals surface area contributed by atoms with Gasteiger partial charge in [0.2, 0.25) is 0 Å². The molecule has 4 heteroatoms. The molecule has 0 aromatic carbocycles. The molecule has 0 aromatic rings. The molecule has 0 saturated carbocycles. The zero-order valence-corrected chi connectivity index (χ0v) is 9.92. The molecule has 10 heavy (non-hydrogen) atoms. The Morgan fingerprint density at radius 3 is 2.20 bits per heavy atom. The van der Waals surface area contributed by atoms with Crippen molar-refractivity contribution >= 4 is 5.97 Å². The Bertz CT molecular complexity index is 111. The predicted octanol–water partition coefficient (Wildman–Crippen LogP) is -2.44. The van der Waals surface area contributed by atoms with E-state index in [0.717, 1.165) is 0 Å². The average molecular weight is 171 g/mol. The molecule has 3 nitrogen and oxygen atoms in total. The van der Waals surface area contributed by atoms with Crippen molar-refractivity contribution in [3.05, 3.63) is 0 Å². The van der Waals surface area contributed by atoms with E-state index in [1.807, 2.05) is 13.8 Å². The molecule has 1 unspecified atom stereocenters. The minimum atomic E-state index is -0.913. The average Bonchev–Trinajstić information content (AvgIpc) is 1.63. The smallest absolute Gasteiger partial charge is 1.00 e. The number of carbonyl (C=O) groups is 1. The van der Waals surface area contributed by atoms with E-state index < -0.39 is 12.0 Å². The van der Waals surface area contributed by atoms with E-state index in [2.05, 4.69) is 0 Å². The number of aliphatic carboxylic acids is 1. The van der Waals surface area contributed by atoms with Gasteiger partial charge in [-0.2, -0.15) is 0 Å². The molecule has 0 aromatic heterocycles. The Hall–Kier alpha value is 1.07. The fourth-order valence-electron chi connectivity index (χ4n) is 0.609. The number of carboxylic acid groups (broad SMARTS) is 1. The second-order valence-corrected chi connectivity index (χ2v) is 2.57. The summed E-state index contributed by atoms with van der Waals surface area (Å²) in [7, 11) is 0. The van der Waals surface area contributed by atoms with Gasteiger partial charge in [0.15, 0.2) is 0 Å². The number of rotatable bonds is 3. The van der Waals surface area contributed by atoms with E-state index in [9.17, 15) is 4.79 Å². The third-order valence-corrected chi connectivity index (χ3v) is 1.04. The van der Waals surface area contributed by atoms with Crippen LogP contribution in [-0.4, -0.2) is 17.1 Å². The van der Waals surface area contributed by atoms with Crippen LogP contribution >= 0.6 is 0 Å². The number of carboxylic acids is 1. The van der Waals surface area contributed by atoms with Gasteiger partial charge in [-0.3, -0.25) is 4.79 Å². The van der Waals surface area contributed by atoms with E-state index in [-0.39, 0.29) is 52.8 Å². The zero-order valence-electron chi connectivity index (χ0n) is 7.79. The molecule has 0 amide bonds. The van der Waals surface area contributed by atoms with Gasteiger partial charge in [0, 0.05) is 0 Å².